The van der Waals surface area contributed by atoms with Crippen LogP contribution in [0.15, 0.2) is 54.6 Å². The van der Waals surface area contributed by atoms with Crippen LogP contribution in [0.3, 0.4) is 0 Å². The molecule has 4 rings (SSSR count). The van der Waals surface area contributed by atoms with Crippen LogP contribution in [-0.2, 0) is 20.9 Å². The Labute approximate surface area is 224 Å². The standard InChI is InChI=1S/C32H38N2O4/c1-21(2)31(34-27(35)12-7-5-3-4-6-8-13-28(36)37)32(38)33-20-25-17-16-24-15-14-22-10-9-11-23-18-19-26(25)30(24)29(22)23/h9-11,14-19,21,31H,3-8,12-13,20H2,1-2H3,(H,33,38)(H,34,35)(H,36,37). The Kier molecular flexibility index (Phi) is 9.16. The Balaban J connectivity index is 1.31. The summed E-state index contributed by atoms with van der Waals surface area (Å²) in [6.45, 7) is 4.28. The molecule has 200 valence electrons. The molecule has 0 bridgehead atoms. The Bertz CT molecular complexity index is 1400. The first-order chi connectivity index (χ1) is 18.3. The average Bonchev–Trinajstić information content (AvgIpc) is 2.90. The predicted octanol–water partition coefficient (Wildman–Crippen LogP) is 6.55. The molecule has 0 heterocycles. The van der Waals surface area contributed by atoms with Gasteiger partial charge in [-0.2, -0.15) is 0 Å². The first kappa shape index (κ1) is 27.4. The van der Waals surface area contributed by atoms with Gasteiger partial charge < -0.3 is 15.7 Å². The van der Waals surface area contributed by atoms with Gasteiger partial charge in [-0.25, -0.2) is 0 Å². The molecule has 0 saturated heterocycles. The zero-order chi connectivity index (χ0) is 27.1. The number of hydrogen-bond acceptors (Lipinski definition) is 3. The van der Waals surface area contributed by atoms with Crippen molar-refractivity contribution in [2.75, 3.05) is 0 Å². The maximum absolute atomic E-state index is 13.1. The average molecular weight is 515 g/mol. The number of nitrogens with one attached hydrogen (secondary N) is 2. The first-order valence-corrected chi connectivity index (χ1v) is 13.8. The number of carboxylic acids is 1. The first-order valence-electron chi connectivity index (χ1n) is 13.8. The molecule has 0 saturated carbocycles. The predicted molar refractivity (Wildman–Crippen MR) is 153 cm³/mol. The van der Waals surface area contributed by atoms with Gasteiger partial charge in [-0.3, -0.25) is 14.4 Å². The monoisotopic (exact) mass is 514 g/mol. The van der Waals surface area contributed by atoms with Crippen molar-refractivity contribution in [3.05, 3.63) is 60.2 Å². The maximum Gasteiger partial charge on any atom is 0.303 e. The molecule has 3 N–H and O–H groups in total. The van der Waals surface area contributed by atoms with Gasteiger partial charge in [-0.1, -0.05) is 94.1 Å². The molecule has 0 radical (unpaired) electrons. The van der Waals surface area contributed by atoms with Gasteiger partial charge in [0.25, 0.3) is 0 Å². The summed E-state index contributed by atoms with van der Waals surface area (Å²) in [6, 6.07) is 18.5. The zero-order valence-corrected chi connectivity index (χ0v) is 22.4. The Morgan fingerprint density at radius 3 is 1.97 bits per heavy atom. The van der Waals surface area contributed by atoms with Gasteiger partial charge in [0.1, 0.15) is 6.04 Å². The summed E-state index contributed by atoms with van der Waals surface area (Å²) < 4.78 is 0. The molecule has 0 aliphatic carbocycles. The second kappa shape index (κ2) is 12.7. The van der Waals surface area contributed by atoms with E-state index in [0.29, 0.717) is 19.4 Å². The minimum Gasteiger partial charge on any atom is -0.481 e. The van der Waals surface area contributed by atoms with E-state index in [1.54, 1.807) is 0 Å². The summed E-state index contributed by atoms with van der Waals surface area (Å²) in [5, 5.41) is 21.9. The molecule has 0 aromatic heterocycles. The number of aliphatic carboxylic acids is 1. The molecule has 1 unspecified atom stereocenters. The van der Waals surface area contributed by atoms with Gasteiger partial charge in [0, 0.05) is 19.4 Å². The fourth-order valence-corrected chi connectivity index (χ4v) is 5.29. The number of carbonyl (C=O) groups is 3. The van der Waals surface area contributed by atoms with Gasteiger partial charge in [0.15, 0.2) is 0 Å². The maximum atomic E-state index is 13.1. The number of benzene rings is 4. The zero-order valence-electron chi connectivity index (χ0n) is 22.4. The van der Waals surface area contributed by atoms with Crippen molar-refractivity contribution in [2.45, 2.75) is 77.8 Å². The van der Waals surface area contributed by atoms with Crippen LogP contribution in [0.2, 0.25) is 0 Å². The van der Waals surface area contributed by atoms with Crippen LogP contribution in [0.5, 0.6) is 0 Å². The molecule has 0 spiro atoms. The number of carboxylic acid groups (broad SMARTS) is 1. The van der Waals surface area contributed by atoms with Gasteiger partial charge in [-0.15, -0.1) is 0 Å². The number of unbranched alkanes of at least 4 members (excludes halogenated alkanes) is 5. The molecule has 2 amide bonds. The lowest BCUT2D eigenvalue weighted by molar-refractivity contribution is -0.137. The van der Waals surface area contributed by atoms with Crippen LogP contribution in [0.25, 0.3) is 32.3 Å². The quantitative estimate of drug-likeness (QED) is 0.131. The van der Waals surface area contributed by atoms with Crippen molar-refractivity contribution in [1.29, 1.82) is 0 Å². The van der Waals surface area contributed by atoms with E-state index in [1.807, 2.05) is 13.8 Å². The SMILES string of the molecule is CC(C)C(NC(=O)CCCCCCCCC(=O)O)C(=O)NCc1ccc2ccc3cccc4ccc1c2c34. The number of rotatable bonds is 14. The minimum absolute atomic E-state index is 0.0328. The third kappa shape index (κ3) is 6.60. The van der Waals surface area contributed by atoms with E-state index in [-0.39, 0.29) is 24.2 Å². The summed E-state index contributed by atoms with van der Waals surface area (Å²) in [4.78, 5) is 36.2. The highest BCUT2D eigenvalue weighted by Gasteiger charge is 2.24. The Morgan fingerprint density at radius 1 is 0.737 bits per heavy atom. The summed E-state index contributed by atoms with van der Waals surface area (Å²) in [7, 11) is 0. The molecule has 1 atom stereocenters. The van der Waals surface area contributed by atoms with Gasteiger partial charge >= 0.3 is 5.97 Å². The molecule has 38 heavy (non-hydrogen) atoms. The lowest BCUT2D eigenvalue weighted by atomic mass is 9.92. The largest absolute Gasteiger partial charge is 0.481 e. The van der Waals surface area contributed by atoms with Crippen LogP contribution in [0.4, 0.5) is 0 Å². The summed E-state index contributed by atoms with van der Waals surface area (Å²) in [6.07, 6.45) is 5.87. The molecule has 6 heteroatoms. The highest BCUT2D eigenvalue weighted by molar-refractivity contribution is 6.23. The molecular weight excluding hydrogens is 476 g/mol. The molecule has 0 aliphatic rings. The highest BCUT2D eigenvalue weighted by atomic mass is 16.4. The fourth-order valence-electron chi connectivity index (χ4n) is 5.29. The van der Waals surface area contributed by atoms with Crippen molar-refractivity contribution in [1.82, 2.24) is 10.6 Å². The number of amides is 2. The van der Waals surface area contributed by atoms with Crippen molar-refractivity contribution in [2.24, 2.45) is 5.92 Å². The summed E-state index contributed by atoms with van der Waals surface area (Å²) >= 11 is 0. The number of hydrogen-bond donors (Lipinski definition) is 3. The lowest BCUT2D eigenvalue weighted by Gasteiger charge is -2.22. The van der Waals surface area contributed by atoms with E-state index in [4.69, 9.17) is 5.11 Å². The molecule has 0 aliphatic heterocycles. The normalized spacial score (nSPS) is 12.4. The van der Waals surface area contributed by atoms with E-state index in [9.17, 15) is 14.4 Å². The van der Waals surface area contributed by atoms with Crippen LogP contribution >= 0.6 is 0 Å². The van der Waals surface area contributed by atoms with Crippen LogP contribution in [0.1, 0.15) is 70.8 Å². The second-order valence-corrected chi connectivity index (χ2v) is 10.6. The second-order valence-electron chi connectivity index (χ2n) is 10.6. The van der Waals surface area contributed by atoms with Crippen LogP contribution in [0, 0.1) is 5.92 Å². The third-order valence-electron chi connectivity index (χ3n) is 7.38. The van der Waals surface area contributed by atoms with Gasteiger partial charge in [0.05, 0.1) is 0 Å². The van der Waals surface area contributed by atoms with Crippen molar-refractivity contribution < 1.29 is 19.5 Å². The fraction of sp³-hybridized carbons (Fsp3) is 0.406. The van der Waals surface area contributed by atoms with E-state index < -0.39 is 12.0 Å². The van der Waals surface area contributed by atoms with Gasteiger partial charge in [-0.05, 0) is 56.6 Å². The molecule has 4 aromatic rings. The molecule has 4 aromatic carbocycles. The van der Waals surface area contributed by atoms with Crippen LogP contribution < -0.4 is 10.6 Å². The molecule has 6 nitrogen and oxygen atoms in total. The van der Waals surface area contributed by atoms with Crippen molar-refractivity contribution in [3.63, 3.8) is 0 Å². The Hall–Kier alpha value is -3.67. The smallest absolute Gasteiger partial charge is 0.303 e. The third-order valence-corrected chi connectivity index (χ3v) is 7.38. The lowest BCUT2D eigenvalue weighted by Crippen LogP contribution is -2.49. The molecular formula is C32H38N2O4. The van der Waals surface area contributed by atoms with Crippen molar-refractivity contribution in [3.8, 4) is 0 Å². The van der Waals surface area contributed by atoms with Gasteiger partial charge in [0.2, 0.25) is 11.8 Å². The Morgan fingerprint density at radius 2 is 1.32 bits per heavy atom. The van der Waals surface area contributed by atoms with E-state index >= 15 is 0 Å². The van der Waals surface area contributed by atoms with E-state index in [0.717, 1.165) is 43.1 Å². The van der Waals surface area contributed by atoms with E-state index in [2.05, 4.69) is 65.2 Å². The summed E-state index contributed by atoms with van der Waals surface area (Å²) in [5.41, 5.74) is 1.06. The minimum atomic E-state index is -0.749. The van der Waals surface area contributed by atoms with Crippen molar-refractivity contribution >= 4 is 50.1 Å². The summed E-state index contributed by atoms with van der Waals surface area (Å²) in [5.74, 6) is -1.05. The number of carbonyl (C=O) groups excluding carboxylic acids is 2. The highest BCUT2D eigenvalue weighted by Crippen LogP contribution is 2.35. The molecule has 0 fully saturated rings. The topological polar surface area (TPSA) is 95.5 Å². The van der Waals surface area contributed by atoms with E-state index in [1.165, 1.54) is 26.9 Å². The van der Waals surface area contributed by atoms with Crippen LogP contribution in [-0.4, -0.2) is 28.9 Å².